The van der Waals surface area contributed by atoms with Crippen molar-refractivity contribution < 1.29 is 4.92 Å². The van der Waals surface area contributed by atoms with Gasteiger partial charge in [-0.1, -0.05) is 42.3 Å². The summed E-state index contributed by atoms with van der Waals surface area (Å²) in [5.74, 6) is 0.304. The van der Waals surface area contributed by atoms with Gasteiger partial charge >= 0.3 is 0 Å². The summed E-state index contributed by atoms with van der Waals surface area (Å²) in [6.45, 7) is 3.83. The van der Waals surface area contributed by atoms with Crippen molar-refractivity contribution in [2.75, 3.05) is 5.73 Å². The van der Waals surface area contributed by atoms with Gasteiger partial charge in [0.1, 0.15) is 5.69 Å². The third-order valence-corrected chi connectivity index (χ3v) is 3.28. The molecule has 2 rings (SSSR count). The van der Waals surface area contributed by atoms with Gasteiger partial charge in [-0.2, -0.15) is 0 Å². The van der Waals surface area contributed by atoms with Gasteiger partial charge in [0, 0.05) is 12.1 Å². The first-order valence-electron chi connectivity index (χ1n) is 5.67. The van der Waals surface area contributed by atoms with E-state index in [1.165, 1.54) is 16.8 Å². The number of rotatable bonds is 3. The minimum Gasteiger partial charge on any atom is -0.381 e. The molecule has 0 bridgehead atoms. The first-order chi connectivity index (χ1) is 9.32. The average Bonchev–Trinajstić information content (AvgIpc) is 2.70. The second kappa shape index (κ2) is 5.26. The third-order valence-electron chi connectivity index (χ3n) is 2.70. The van der Waals surface area contributed by atoms with Crippen LogP contribution in [0.25, 0.3) is 5.69 Å². The van der Waals surface area contributed by atoms with Crippen molar-refractivity contribution in [2.24, 2.45) is 0 Å². The van der Waals surface area contributed by atoms with E-state index >= 15 is 0 Å². The van der Waals surface area contributed by atoms with Crippen LogP contribution in [0.4, 0.5) is 11.5 Å². The second-order valence-corrected chi connectivity index (χ2v) is 5.26. The van der Waals surface area contributed by atoms with E-state index in [4.69, 9.17) is 28.9 Å². The molecule has 2 aromatic rings. The van der Waals surface area contributed by atoms with Crippen molar-refractivity contribution in [3.8, 4) is 5.69 Å². The number of aromatic nitrogens is 3. The van der Waals surface area contributed by atoms with E-state index in [1.54, 1.807) is 0 Å². The molecule has 0 aliphatic rings. The molecule has 20 heavy (non-hydrogen) atoms. The Balaban J connectivity index is 2.68. The lowest BCUT2D eigenvalue weighted by molar-refractivity contribution is -0.384. The van der Waals surface area contributed by atoms with Crippen LogP contribution in [-0.4, -0.2) is 19.9 Å². The molecule has 0 spiro atoms. The Morgan fingerprint density at radius 2 is 1.90 bits per heavy atom. The van der Waals surface area contributed by atoms with Crippen molar-refractivity contribution in [1.29, 1.82) is 0 Å². The van der Waals surface area contributed by atoms with Crippen LogP contribution in [0.1, 0.15) is 25.5 Å². The van der Waals surface area contributed by atoms with Crippen LogP contribution in [0.2, 0.25) is 10.0 Å². The molecule has 0 radical (unpaired) electrons. The zero-order valence-electron chi connectivity index (χ0n) is 10.7. The van der Waals surface area contributed by atoms with Gasteiger partial charge in [-0.25, -0.2) is 4.68 Å². The smallest absolute Gasteiger partial charge is 0.272 e. The Morgan fingerprint density at radius 1 is 1.35 bits per heavy atom. The summed E-state index contributed by atoms with van der Waals surface area (Å²) in [4.78, 5) is 10.2. The number of nitrogens with two attached hydrogens (primary N) is 1. The zero-order chi connectivity index (χ0) is 15.0. The summed E-state index contributed by atoms with van der Waals surface area (Å²) in [5.41, 5.74) is 6.54. The van der Waals surface area contributed by atoms with Crippen LogP contribution in [0.5, 0.6) is 0 Å². The molecule has 0 saturated heterocycles. The van der Waals surface area contributed by atoms with Crippen molar-refractivity contribution in [1.82, 2.24) is 15.0 Å². The van der Waals surface area contributed by atoms with Crippen LogP contribution >= 0.6 is 23.2 Å². The van der Waals surface area contributed by atoms with E-state index in [9.17, 15) is 10.1 Å². The Kier molecular flexibility index (Phi) is 3.82. The van der Waals surface area contributed by atoms with Gasteiger partial charge in [0.25, 0.3) is 5.69 Å². The molecule has 106 valence electrons. The molecule has 1 aromatic carbocycles. The molecule has 0 amide bonds. The van der Waals surface area contributed by atoms with Crippen LogP contribution in [0, 0.1) is 10.1 Å². The van der Waals surface area contributed by atoms with Crippen molar-refractivity contribution in [3.63, 3.8) is 0 Å². The van der Waals surface area contributed by atoms with Crippen molar-refractivity contribution >= 4 is 34.7 Å². The van der Waals surface area contributed by atoms with E-state index in [0.717, 1.165) is 0 Å². The van der Waals surface area contributed by atoms with E-state index < -0.39 is 4.92 Å². The number of nitrogen functional groups attached to an aromatic ring is 1. The molecule has 2 N–H and O–H groups in total. The number of hydrogen-bond donors (Lipinski definition) is 1. The van der Waals surface area contributed by atoms with E-state index in [1.807, 2.05) is 13.8 Å². The van der Waals surface area contributed by atoms with Crippen LogP contribution in [0.15, 0.2) is 12.1 Å². The molecule has 1 aromatic heterocycles. The number of halogens is 2. The Hall–Kier alpha value is -1.86. The van der Waals surface area contributed by atoms with Gasteiger partial charge < -0.3 is 5.73 Å². The highest BCUT2D eigenvalue weighted by atomic mass is 35.5. The summed E-state index contributed by atoms with van der Waals surface area (Å²) in [5, 5.41) is 18.7. The monoisotopic (exact) mass is 315 g/mol. The predicted octanol–water partition coefficient (Wildman–Crippen LogP) is 3.19. The number of nitro benzene ring substituents is 1. The van der Waals surface area contributed by atoms with E-state index in [0.29, 0.717) is 11.4 Å². The predicted molar refractivity (Wildman–Crippen MR) is 76.5 cm³/mol. The van der Waals surface area contributed by atoms with Gasteiger partial charge in [-0.15, -0.1) is 5.10 Å². The molecule has 0 unspecified atom stereocenters. The van der Waals surface area contributed by atoms with Gasteiger partial charge in [0.15, 0.2) is 5.82 Å². The van der Waals surface area contributed by atoms with E-state index in [2.05, 4.69) is 10.3 Å². The van der Waals surface area contributed by atoms with Gasteiger partial charge in [-0.05, 0) is 5.92 Å². The summed E-state index contributed by atoms with van der Waals surface area (Å²) >= 11 is 12.2. The van der Waals surface area contributed by atoms with Crippen LogP contribution in [0.3, 0.4) is 0 Å². The third kappa shape index (κ3) is 2.41. The quantitative estimate of drug-likeness (QED) is 0.692. The van der Waals surface area contributed by atoms with Gasteiger partial charge in [0.05, 0.1) is 20.7 Å². The van der Waals surface area contributed by atoms with Crippen LogP contribution < -0.4 is 5.73 Å². The van der Waals surface area contributed by atoms with Crippen LogP contribution in [-0.2, 0) is 0 Å². The maximum atomic E-state index is 10.8. The number of benzene rings is 1. The molecular formula is C11H11Cl2N5O2. The molecule has 0 aliphatic heterocycles. The maximum absolute atomic E-state index is 10.8. The van der Waals surface area contributed by atoms with Crippen molar-refractivity contribution in [3.05, 3.63) is 38.0 Å². The summed E-state index contributed by atoms with van der Waals surface area (Å²) in [6, 6.07) is 2.43. The largest absolute Gasteiger partial charge is 0.381 e. The maximum Gasteiger partial charge on any atom is 0.272 e. The average molecular weight is 316 g/mol. The van der Waals surface area contributed by atoms with Gasteiger partial charge in [-0.3, -0.25) is 10.1 Å². The summed E-state index contributed by atoms with van der Waals surface area (Å²) in [6.07, 6.45) is 0. The van der Waals surface area contributed by atoms with E-state index in [-0.39, 0.29) is 27.5 Å². The molecule has 7 nitrogen and oxygen atoms in total. The second-order valence-electron chi connectivity index (χ2n) is 4.44. The molecule has 0 atom stereocenters. The highest BCUT2D eigenvalue weighted by Gasteiger charge is 2.22. The topological polar surface area (TPSA) is 99.9 Å². The lowest BCUT2D eigenvalue weighted by Crippen LogP contribution is -2.07. The number of nitro groups is 1. The fraction of sp³-hybridized carbons (Fsp3) is 0.273. The zero-order valence-corrected chi connectivity index (χ0v) is 12.2. The normalized spacial score (nSPS) is 11.1. The first-order valence-corrected chi connectivity index (χ1v) is 6.43. The Morgan fingerprint density at radius 3 is 2.35 bits per heavy atom. The number of nitrogens with zero attached hydrogens (tertiary/aromatic N) is 4. The molecule has 0 saturated carbocycles. The molecular weight excluding hydrogens is 305 g/mol. The lowest BCUT2D eigenvalue weighted by Gasteiger charge is -2.12. The summed E-state index contributed by atoms with van der Waals surface area (Å²) in [7, 11) is 0. The Labute approximate surface area is 124 Å². The molecule has 9 heteroatoms. The fourth-order valence-corrected chi connectivity index (χ4v) is 2.50. The number of non-ortho nitro benzene ring substituents is 1. The minimum absolute atomic E-state index is 0.0346. The number of anilines is 1. The lowest BCUT2D eigenvalue weighted by atomic mass is 10.1. The fourth-order valence-electron chi connectivity index (χ4n) is 1.87. The Bertz CT molecular complexity index is 660. The highest BCUT2D eigenvalue weighted by Crippen LogP contribution is 2.35. The van der Waals surface area contributed by atoms with Crippen molar-refractivity contribution in [2.45, 2.75) is 19.8 Å². The molecule has 0 aliphatic carbocycles. The summed E-state index contributed by atoms with van der Waals surface area (Å²) < 4.78 is 1.41. The standard InChI is InChI=1S/C11H11Cl2N5O2/c1-5(2)9-11(14)15-16-17(9)10-7(12)3-6(18(19)20)4-8(10)13/h3-5H,14H2,1-2H3. The SMILES string of the molecule is CC(C)c1c(N)nnn1-c1c(Cl)cc([N+](=O)[O-])cc1Cl. The molecule has 1 heterocycles. The first kappa shape index (κ1) is 14.5. The van der Waals surface area contributed by atoms with Gasteiger partial charge in [0.2, 0.25) is 0 Å². The highest BCUT2D eigenvalue weighted by molar-refractivity contribution is 6.38. The minimum atomic E-state index is -0.569. The number of hydrogen-bond acceptors (Lipinski definition) is 5. The molecule has 0 fully saturated rings.